The lowest BCUT2D eigenvalue weighted by atomic mass is 10.4. The van der Waals surface area contributed by atoms with Crippen LogP contribution >= 0.6 is 11.8 Å². The Morgan fingerprint density at radius 1 is 1.86 bits per heavy atom. The summed E-state index contributed by atoms with van der Waals surface area (Å²) in [5.41, 5.74) is 6.43. The normalized spacial score (nSPS) is 12.0. The van der Waals surface area contributed by atoms with Crippen molar-refractivity contribution in [1.29, 1.82) is 0 Å². The summed E-state index contributed by atoms with van der Waals surface area (Å²) in [5.74, 6) is 1.05. The summed E-state index contributed by atoms with van der Waals surface area (Å²) in [4.78, 5) is 0. The fourth-order valence-electron chi connectivity index (χ4n) is 0.276. The van der Waals surface area contributed by atoms with Crippen molar-refractivity contribution >= 4 is 11.8 Å². The molecule has 0 heterocycles. The van der Waals surface area contributed by atoms with Crippen molar-refractivity contribution < 1.29 is 0 Å². The van der Waals surface area contributed by atoms with E-state index in [1.807, 2.05) is 6.92 Å². The van der Waals surface area contributed by atoms with Gasteiger partial charge in [-0.3, -0.25) is 0 Å². The van der Waals surface area contributed by atoms with Crippen molar-refractivity contribution in [2.24, 2.45) is 5.73 Å². The second-order valence-corrected chi connectivity index (χ2v) is 2.31. The second kappa shape index (κ2) is 4.06. The molecule has 0 amide bonds. The number of hydrogen-bond donors (Lipinski definition) is 1. The quantitative estimate of drug-likeness (QED) is 0.588. The van der Waals surface area contributed by atoms with E-state index in [9.17, 15) is 0 Å². The fourth-order valence-corrected chi connectivity index (χ4v) is 0.827. The highest BCUT2D eigenvalue weighted by Gasteiger charge is 1.80. The highest BCUT2D eigenvalue weighted by molar-refractivity contribution is 7.98. The first kappa shape index (κ1) is 6.89. The maximum atomic E-state index is 5.18. The van der Waals surface area contributed by atoms with Gasteiger partial charge in [0.1, 0.15) is 0 Å². The van der Waals surface area contributed by atoms with Crippen LogP contribution in [0.15, 0.2) is 11.8 Å². The van der Waals surface area contributed by atoms with Gasteiger partial charge < -0.3 is 5.73 Å². The molecule has 0 bridgehead atoms. The van der Waals surface area contributed by atoms with Crippen molar-refractivity contribution in [3.63, 3.8) is 0 Å². The van der Waals surface area contributed by atoms with Gasteiger partial charge in [0.05, 0.1) is 0 Å². The first-order valence-electron chi connectivity index (χ1n) is 2.17. The molecule has 0 radical (unpaired) electrons. The van der Waals surface area contributed by atoms with Crippen LogP contribution in [0.4, 0.5) is 0 Å². The lowest BCUT2D eigenvalue weighted by Gasteiger charge is -1.90. The molecular formula is C5H11NS. The third-order valence-electron chi connectivity index (χ3n) is 0.657. The van der Waals surface area contributed by atoms with Crippen LogP contribution in [0.1, 0.15) is 6.92 Å². The molecule has 0 atom stereocenters. The first-order valence-corrected chi connectivity index (χ1v) is 3.57. The first-order chi connectivity index (χ1) is 3.31. The van der Waals surface area contributed by atoms with Gasteiger partial charge in [-0.05, 0) is 25.0 Å². The molecular weight excluding hydrogens is 106 g/mol. The molecule has 2 heteroatoms. The Bertz CT molecular complexity index is 68.5. The molecule has 1 nitrogen and oxygen atoms in total. The number of nitrogens with two attached hydrogens (primary N) is 1. The maximum absolute atomic E-state index is 5.18. The van der Waals surface area contributed by atoms with Gasteiger partial charge in [-0.15, -0.1) is 0 Å². The Morgan fingerprint density at radius 2 is 2.43 bits per heavy atom. The molecule has 0 fully saturated rings. The summed E-state index contributed by atoms with van der Waals surface area (Å²) < 4.78 is 0. The van der Waals surface area contributed by atoms with E-state index >= 15 is 0 Å². The zero-order chi connectivity index (χ0) is 5.70. The van der Waals surface area contributed by atoms with Crippen LogP contribution in [0.25, 0.3) is 0 Å². The fraction of sp³-hybridized carbons (Fsp3) is 0.600. The topological polar surface area (TPSA) is 26.0 Å². The van der Waals surface area contributed by atoms with Gasteiger partial charge in [-0.2, -0.15) is 11.8 Å². The van der Waals surface area contributed by atoms with Crippen molar-refractivity contribution in [2.75, 3.05) is 12.0 Å². The molecule has 0 aromatic heterocycles. The number of hydrogen-bond acceptors (Lipinski definition) is 2. The lowest BCUT2D eigenvalue weighted by molar-refractivity contribution is 1.35. The molecule has 0 rings (SSSR count). The Balaban J connectivity index is 3.17. The Morgan fingerprint density at radius 3 is 2.57 bits per heavy atom. The van der Waals surface area contributed by atoms with E-state index < -0.39 is 0 Å². The van der Waals surface area contributed by atoms with E-state index in [0.717, 1.165) is 5.75 Å². The monoisotopic (exact) mass is 117 g/mol. The van der Waals surface area contributed by atoms with E-state index in [4.69, 9.17) is 5.73 Å². The molecule has 0 aliphatic heterocycles. The van der Waals surface area contributed by atoms with Crippen LogP contribution in [0, 0.1) is 0 Å². The molecule has 0 saturated carbocycles. The Kier molecular flexibility index (Phi) is 4.00. The molecule has 2 N–H and O–H groups in total. The van der Waals surface area contributed by atoms with Gasteiger partial charge in [0.25, 0.3) is 0 Å². The van der Waals surface area contributed by atoms with Crippen molar-refractivity contribution in [2.45, 2.75) is 6.92 Å². The van der Waals surface area contributed by atoms with Gasteiger partial charge in [0.2, 0.25) is 0 Å². The van der Waals surface area contributed by atoms with Gasteiger partial charge in [-0.1, -0.05) is 0 Å². The van der Waals surface area contributed by atoms with Crippen LogP contribution in [-0.4, -0.2) is 12.0 Å². The maximum Gasteiger partial charge on any atom is 0.0154 e. The molecule has 0 spiro atoms. The summed E-state index contributed by atoms with van der Waals surface area (Å²) >= 11 is 1.79. The minimum Gasteiger partial charge on any atom is -0.405 e. The summed E-state index contributed by atoms with van der Waals surface area (Å²) in [6.45, 7) is 2.02. The van der Waals surface area contributed by atoms with E-state index in [1.54, 1.807) is 18.0 Å². The smallest absolute Gasteiger partial charge is 0.0154 e. The van der Waals surface area contributed by atoms with Crippen molar-refractivity contribution in [3.8, 4) is 0 Å². The van der Waals surface area contributed by atoms with Crippen LogP contribution < -0.4 is 5.73 Å². The zero-order valence-electron chi connectivity index (χ0n) is 4.77. The number of thioether (sulfide) groups is 1. The van der Waals surface area contributed by atoms with E-state index in [0.29, 0.717) is 0 Å². The average molecular weight is 117 g/mol. The van der Waals surface area contributed by atoms with Crippen molar-refractivity contribution in [1.82, 2.24) is 0 Å². The highest BCUT2D eigenvalue weighted by atomic mass is 32.2. The summed E-state index contributed by atoms with van der Waals surface area (Å²) in [6, 6.07) is 0. The van der Waals surface area contributed by atoms with Crippen LogP contribution in [-0.2, 0) is 0 Å². The Labute approximate surface area is 49.0 Å². The molecule has 0 unspecified atom stereocenters. The standard InChI is InChI=1S/C5H11NS/c1-5(3-6)4-7-2/h3H,4,6H2,1-2H3/b5-3-. The largest absolute Gasteiger partial charge is 0.405 e. The highest BCUT2D eigenvalue weighted by Crippen LogP contribution is 1.99. The Hall–Kier alpha value is -0.110. The molecule has 0 aromatic carbocycles. The summed E-state index contributed by atoms with van der Waals surface area (Å²) in [7, 11) is 0. The SMILES string of the molecule is CSC/C(C)=C\N. The predicted molar refractivity (Wildman–Crippen MR) is 36.3 cm³/mol. The van der Waals surface area contributed by atoms with Gasteiger partial charge in [-0.25, -0.2) is 0 Å². The molecule has 0 aromatic rings. The minimum atomic E-state index is 1.05. The van der Waals surface area contributed by atoms with Gasteiger partial charge >= 0.3 is 0 Å². The van der Waals surface area contributed by atoms with Crippen LogP contribution in [0.3, 0.4) is 0 Å². The molecule has 0 saturated heterocycles. The second-order valence-electron chi connectivity index (χ2n) is 1.45. The van der Waals surface area contributed by atoms with Gasteiger partial charge in [0, 0.05) is 5.75 Å². The molecule has 7 heavy (non-hydrogen) atoms. The van der Waals surface area contributed by atoms with E-state index in [2.05, 4.69) is 6.26 Å². The van der Waals surface area contributed by atoms with Crippen LogP contribution in [0.5, 0.6) is 0 Å². The molecule has 42 valence electrons. The summed E-state index contributed by atoms with van der Waals surface area (Å²) in [5, 5.41) is 0. The summed E-state index contributed by atoms with van der Waals surface area (Å²) in [6.07, 6.45) is 3.71. The minimum absolute atomic E-state index is 1.05. The van der Waals surface area contributed by atoms with Crippen molar-refractivity contribution in [3.05, 3.63) is 11.8 Å². The molecule has 0 aliphatic rings. The molecule has 0 aliphatic carbocycles. The van der Waals surface area contributed by atoms with Crippen LogP contribution in [0.2, 0.25) is 0 Å². The lowest BCUT2D eigenvalue weighted by Crippen LogP contribution is -1.85. The number of rotatable bonds is 2. The average Bonchev–Trinajstić information content (AvgIpc) is 1.68. The predicted octanol–water partition coefficient (Wildman–Crippen LogP) is 1.21. The van der Waals surface area contributed by atoms with E-state index in [-0.39, 0.29) is 0 Å². The van der Waals surface area contributed by atoms with Gasteiger partial charge in [0.15, 0.2) is 0 Å². The zero-order valence-corrected chi connectivity index (χ0v) is 5.59. The third-order valence-corrected chi connectivity index (χ3v) is 1.40. The van der Waals surface area contributed by atoms with E-state index in [1.165, 1.54) is 5.57 Å². The third kappa shape index (κ3) is 3.73.